The van der Waals surface area contributed by atoms with Crippen molar-refractivity contribution in [2.75, 3.05) is 13.1 Å². The van der Waals surface area contributed by atoms with Crippen LogP contribution in [0, 0.1) is 18.8 Å². The predicted molar refractivity (Wildman–Crippen MR) is 106 cm³/mol. The smallest absolute Gasteiger partial charge is 0.0805 e. The van der Waals surface area contributed by atoms with Gasteiger partial charge in [-0.15, -0.1) is 6.58 Å². The van der Waals surface area contributed by atoms with Crippen molar-refractivity contribution < 1.29 is 5.01 Å². The third-order valence-electron chi connectivity index (χ3n) is 5.51. The van der Waals surface area contributed by atoms with Crippen molar-refractivity contribution in [1.82, 2.24) is 0 Å². The van der Waals surface area contributed by atoms with E-state index >= 15 is 0 Å². The van der Waals surface area contributed by atoms with E-state index < -0.39 is 0 Å². The first-order valence-electron chi connectivity index (χ1n) is 9.69. The standard InChI is InChI=1S/C22H31N3/c1-3-4-5-19-8-10-20(11-9-19)16-23-24-25-15-14-22(17-25)21-12-6-18(2)7-13-21/h3,6-8,10,12-13,16,19-20,22,25H,1,4-5,9,11,14-15,17H2,2H3/b23-16-. The van der Waals surface area contributed by atoms with Gasteiger partial charge in [0.25, 0.3) is 0 Å². The summed E-state index contributed by atoms with van der Waals surface area (Å²) in [7, 11) is 0. The van der Waals surface area contributed by atoms with Crippen molar-refractivity contribution in [2.45, 2.75) is 44.9 Å². The maximum atomic E-state index is 4.52. The van der Waals surface area contributed by atoms with E-state index in [9.17, 15) is 0 Å². The minimum absolute atomic E-state index is 0.457. The molecule has 0 amide bonds. The zero-order valence-electron chi connectivity index (χ0n) is 15.4. The molecule has 1 fully saturated rings. The van der Waals surface area contributed by atoms with Gasteiger partial charge in [0.2, 0.25) is 0 Å². The largest absolute Gasteiger partial charge is 0.407 e. The maximum absolute atomic E-state index is 4.52. The van der Waals surface area contributed by atoms with E-state index in [2.05, 4.69) is 60.6 Å². The Hall–Kier alpha value is -1.87. The van der Waals surface area contributed by atoms with E-state index in [0.29, 0.717) is 11.8 Å². The summed E-state index contributed by atoms with van der Waals surface area (Å²) in [6, 6.07) is 8.95. The molecule has 3 nitrogen and oxygen atoms in total. The van der Waals surface area contributed by atoms with Gasteiger partial charge in [-0.3, -0.25) is 0 Å². The summed E-state index contributed by atoms with van der Waals surface area (Å²) in [6.07, 6.45) is 14.7. The monoisotopic (exact) mass is 337 g/mol. The van der Waals surface area contributed by atoms with E-state index in [0.717, 1.165) is 25.4 Å². The summed E-state index contributed by atoms with van der Waals surface area (Å²) in [5.41, 5.74) is 7.29. The first kappa shape index (κ1) is 17.9. The average molecular weight is 338 g/mol. The van der Waals surface area contributed by atoms with E-state index in [1.54, 1.807) is 0 Å². The van der Waals surface area contributed by atoms with Crippen LogP contribution in [-0.4, -0.2) is 19.3 Å². The van der Waals surface area contributed by atoms with Crippen LogP contribution in [0.5, 0.6) is 0 Å². The van der Waals surface area contributed by atoms with Crippen LogP contribution in [-0.2, 0) is 0 Å². The highest BCUT2D eigenvalue weighted by atomic mass is 15.7. The van der Waals surface area contributed by atoms with Crippen LogP contribution in [0.3, 0.4) is 0 Å². The Bertz CT molecular complexity index is 602. The minimum atomic E-state index is 0.457. The van der Waals surface area contributed by atoms with E-state index in [1.807, 2.05) is 12.3 Å². The first-order chi connectivity index (χ1) is 12.2. The lowest BCUT2D eigenvalue weighted by atomic mass is 9.87. The van der Waals surface area contributed by atoms with Gasteiger partial charge in [0.05, 0.1) is 13.1 Å². The summed E-state index contributed by atoms with van der Waals surface area (Å²) in [4.78, 5) is 0. The SMILES string of the molecule is C=CCCC1C=CC(/C=N\[N-][NH+]2CCC(c3ccc(C)cc3)C2)CC1. The Labute approximate surface area is 152 Å². The molecule has 1 aromatic rings. The Balaban J connectivity index is 1.41. The van der Waals surface area contributed by atoms with Gasteiger partial charge in [0, 0.05) is 18.3 Å². The van der Waals surface area contributed by atoms with Gasteiger partial charge in [-0.1, -0.05) is 48.1 Å². The normalized spacial score (nSPS) is 29.2. The van der Waals surface area contributed by atoms with Crippen LogP contribution < -0.4 is 5.01 Å². The Morgan fingerprint density at radius 3 is 2.76 bits per heavy atom. The third kappa shape index (κ3) is 5.30. The second kappa shape index (κ2) is 9.00. The molecule has 0 saturated carbocycles. The Morgan fingerprint density at radius 1 is 1.20 bits per heavy atom. The summed E-state index contributed by atoms with van der Waals surface area (Å²) in [6.45, 7) is 8.09. The van der Waals surface area contributed by atoms with E-state index in [-0.39, 0.29) is 0 Å². The number of allylic oxidation sites excluding steroid dienone is 3. The van der Waals surface area contributed by atoms with Crippen molar-refractivity contribution in [3.8, 4) is 0 Å². The van der Waals surface area contributed by atoms with Crippen LogP contribution >= 0.6 is 0 Å². The number of nitrogens with zero attached hydrogens (tertiary/aromatic N) is 2. The predicted octanol–water partition coefficient (Wildman–Crippen LogP) is 4.19. The number of quaternary nitrogens is 1. The lowest BCUT2D eigenvalue weighted by Crippen LogP contribution is -3.05. The highest BCUT2D eigenvalue weighted by Crippen LogP contribution is 2.25. The molecule has 1 aromatic carbocycles. The van der Waals surface area contributed by atoms with Crippen molar-refractivity contribution in [3.63, 3.8) is 0 Å². The molecule has 1 N–H and O–H groups in total. The van der Waals surface area contributed by atoms with Crippen molar-refractivity contribution >= 4 is 6.21 Å². The molecule has 0 bridgehead atoms. The number of benzene rings is 1. The summed E-state index contributed by atoms with van der Waals surface area (Å²) in [5, 5.41) is 5.66. The number of hydrogen-bond acceptors (Lipinski definition) is 1. The van der Waals surface area contributed by atoms with Gasteiger partial charge in [-0.05, 0) is 50.3 Å². The van der Waals surface area contributed by atoms with Gasteiger partial charge in [0.1, 0.15) is 0 Å². The Morgan fingerprint density at radius 2 is 2.04 bits per heavy atom. The molecule has 0 radical (unpaired) electrons. The molecule has 1 saturated heterocycles. The molecule has 4 unspecified atom stereocenters. The van der Waals surface area contributed by atoms with Crippen molar-refractivity contribution in [1.29, 1.82) is 0 Å². The zero-order chi connectivity index (χ0) is 17.5. The molecule has 4 atom stereocenters. The number of hydrogen-bond donors (Lipinski definition) is 1. The van der Waals surface area contributed by atoms with Crippen LogP contribution in [0.1, 0.15) is 49.1 Å². The van der Waals surface area contributed by atoms with Crippen molar-refractivity contribution in [3.05, 3.63) is 65.7 Å². The van der Waals surface area contributed by atoms with Gasteiger partial charge in [-0.2, -0.15) is 0 Å². The topological polar surface area (TPSA) is 30.9 Å². The number of rotatable bonds is 7. The number of nitrogens with one attached hydrogen (secondary N) is 1. The molecule has 0 spiro atoms. The summed E-state index contributed by atoms with van der Waals surface area (Å²) >= 11 is 0. The molecule has 3 rings (SSSR count). The van der Waals surface area contributed by atoms with E-state index in [1.165, 1.54) is 41.8 Å². The fourth-order valence-electron chi connectivity index (χ4n) is 3.84. The van der Waals surface area contributed by atoms with Crippen LogP contribution in [0.2, 0.25) is 0 Å². The molecule has 1 aliphatic carbocycles. The fraction of sp³-hybridized carbons (Fsp3) is 0.500. The molecular weight excluding hydrogens is 306 g/mol. The third-order valence-corrected chi connectivity index (χ3v) is 5.51. The van der Waals surface area contributed by atoms with E-state index in [4.69, 9.17) is 0 Å². The van der Waals surface area contributed by atoms with Crippen LogP contribution in [0.25, 0.3) is 5.53 Å². The molecule has 2 aliphatic rings. The fourth-order valence-corrected chi connectivity index (χ4v) is 3.84. The quantitative estimate of drug-likeness (QED) is 0.439. The van der Waals surface area contributed by atoms with Gasteiger partial charge >= 0.3 is 0 Å². The molecule has 0 aromatic heterocycles. The molecule has 1 heterocycles. The average Bonchev–Trinajstić information content (AvgIpc) is 3.10. The van der Waals surface area contributed by atoms with Gasteiger partial charge < -0.3 is 15.6 Å². The first-order valence-corrected chi connectivity index (χ1v) is 9.69. The lowest BCUT2D eigenvalue weighted by molar-refractivity contribution is -0.850. The maximum Gasteiger partial charge on any atom is 0.0805 e. The molecule has 25 heavy (non-hydrogen) atoms. The summed E-state index contributed by atoms with van der Waals surface area (Å²) in [5.74, 6) is 1.80. The molecule has 1 aliphatic heterocycles. The second-order valence-electron chi connectivity index (χ2n) is 7.53. The zero-order valence-corrected chi connectivity index (χ0v) is 15.4. The molecule has 134 valence electrons. The minimum Gasteiger partial charge on any atom is -0.407 e. The lowest BCUT2D eigenvalue weighted by Gasteiger charge is -2.25. The van der Waals surface area contributed by atoms with Gasteiger partial charge in [0.15, 0.2) is 0 Å². The van der Waals surface area contributed by atoms with Crippen LogP contribution in [0.15, 0.2) is 54.2 Å². The van der Waals surface area contributed by atoms with Crippen molar-refractivity contribution in [2.24, 2.45) is 16.9 Å². The summed E-state index contributed by atoms with van der Waals surface area (Å²) < 4.78 is 0. The van der Waals surface area contributed by atoms with Gasteiger partial charge in [-0.25, -0.2) is 0 Å². The molecule has 3 heteroatoms. The second-order valence-corrected chi connectivity index (χ2v) is 7.53. The molecular formula is C22H31N3. The number of aryl methyl sites for hydroxylation is 1. The highest BCUT2D eigenvalue weighted by Gasteiger charge is 2.23. The Kier molecular flexibility index (Phi) is 6.46. The van der Waals surface area contributed by atoms with Crippen LogP contribution in [0.4, 0.5) is 0 Å². The highest BCUT2D eigenvalue weighted by molar-refractivity contribution is 5.63.